The number of hydrogen-bond donors (Lipinski definition) is 2. The number of carbonyl (C=O) groups excluding carboxylic acids is 1. The summed E-state index contributed by atoms with van der Waals surface area (Å²) in [6.07, 6.45) is 5.83. The lowest BCUT2D eigenvalue weighted by Crippen LogP contribution is -2.20. The Bertz CT molecular complexity index is 754. The minimum atomic E-state index is -0.504. The molecule has 3 N–H and O–H groups in total. The largest absolute Gasteiger partial charge is 0.460 e. The van der Waals surface area contributed by atoms with Crippen LogP contribution in [0.4, 0.5) is 5.95 Å². The van der Waals surface area contributed by atoms with E-state index in [1.165, 1.54) is 12.8 Å². The third kappa shape index (κ3) is 4.53. The number of anilines is 1. The van der Waals surface area contributed by atoms with E-state index in [4.69, 9.17) is 15.9 Å². The summed E-state index contributed by atoms with van der Waals surface area (Å²) in [6, 6.07) is 7.69. The number of rotatable bonds is 6. The van der Waals surface area contributed by atoms with Crippen LogP contribution in [-0.4, -0.2) is 34.9 Å². The maximum absolute atomic E-state index is 11.5. The zero-order chi connectivity index (χ0) is 17.6. The Morgan fingerprint density at radius 1 is 1.20 bits per heavy atom. The molecule has 0 saturated carbocycles. The van der Waals surface area contributed by atoms with Gasteiger partial charge >= 0.3 is 5.97 Å². The summed E-state index contributed by atoms with van der Waals surface area (Å²) >= 11 is 0. The highest BCUT2D eigenvalue weighted by molar-refractivity contribution is 5.94. The number of amidine groups is 1. The second-order valence-corrected chi connectivity index (χ2v) is 6.03. The molecule has 0 atom stereocenters. The van der Waals surface area contributed by atoms with E-state index in [0.29, 0.717) is 0 Å². The summed E-state index contributed by atoms with van der Waals surface area (Å²) in [5.74, 6) is 0.0701. The van der Waals surface area contributed by atoms with Gasteiger partial charge in [-0.25, -0.2) is 9.97 Å². The monoisotopic (exact) mass is 339 g/mol. The highest BCUT2D eigenvalue weighted by Gasteiger charge is 2.14. The number of benzene rings is 1. The van der Waals surface area contributed by atoms with E-state index in [2.05, 4.69) is 14.9 Å². The van der Waals surface area contributed by atoms with Crippen LogP contribution in [-0.2, 0) is 16.1 Å². The van der Waals surface area contributed by atoms with Gasteiger partial charge in [0.2, 0.25) is 5.95 Å². The molecular formula is C18H21N5O2. The van der Waals surface area contributed by atoms with Crippen molar-refractivity contribution in [1.82, 2.24) is 9.97 Å². The summed E-state index contributed by atoms with van der Waals surface area (Å²) < 4.78 is 5.12. The Labute approximate surface area is 146 Å². The lowest BCUT2D eigenvalue weighted by atomic mass is 10.1. The second-order valence-electron chi connectivity index (χ2n) is 6.03. The minimum absolute atomic E-state index is 0.146. The lowest BCUT2D eigenvalue weighted by molar-refractivity contribution is -0.143. The van der Waals surface area contributed by atoms with Crippen LogP contribution in [0.2, 0.25) is 0 Å². The quantitative estimate of drug-likeness (QED) is 0.474. The van der Waals surface area contributed by atoms with Crippen molar-refractivity contribution in [2.45, 2.75) is 25.9 Å². The minimum Gasteiger partial charge on any atom is -0.460 e. The molecule has 0 bridgehead atoms. The maximum atomic E-state index is 11.5. The van der Waals surface area contributed by atoms with Gasteiger partial charge in [-0.15, -0.1) is 0 Å². The van der Waals surface area contributed by atoms with Crippen LogP contribution < -0.4 is 10.6 Å². The first-order valence-corrected chi connectivity index (χ1v) is 8.26. The van der Waals surface area contributed by atoms with Crippen molar-refractivity contribution in [3.63, 3.8) is 0 Å². The summed E-state index contributed by atoms with van der Waals surface area (Å²) in [5.41, 5.74) is 7.93. The van der Waals surface area contributed by atoms with E-state index in [0.717, 1.165) is 35.7 Å². The molecule has 0 radical (unpaired) electrons. The summed E-state index contributed by atoms with van der Waals surface area (Å²) in [4.78, 5) is 22.6. The first-order chi connectivity index (χ1) is 12.1. The number of ether oxygens (including phenoxy) is 1. The van der Waals surface area contributed by atoms with E-state index in [1.807, 2.05) is 36.7 Å². The van der Waals surface area contributed by atoms with Gasteiger partial charge in [-0.05, 0) is 30.0 Å². The molecule has 1 aliphatic rings. The Morgan fingerprint density at radius 3 is 2.60 bits per heavy atom. The maximum Gasteiger partial charge on any atom is 0.313 e. The van der Waals surface area contributed by atoms with Crippen LogP contribution in [0.25, 0.3) is 11.1 Å². The fourth-order valence-electron chi connectivity index (χ4n) is 2.76. The van der Waals surface area contributed by atoms with E-state index in [-0.39, 0.29) is 18.9 Å². The Kier molecular flexibility index (Phi) is 5.23. The predicted octanol–water partition coefficient (Wildman–Crippen LogP) is 2.11. The summed E-state index contributed by atoms with van der Waals surface area (Å²) in [6.45, 7) is 2.17. The zero-order valence-corrected chi connectivity index (χ0v) is 13.9. The summed E-state index contributed by atoms with van der Waals surface area (Å²) in [5, 5.41) is 7.09. The normalized spacial score (nSPS) is 13.7. The number of hydrogen-bond acceptors (Lipinski definition) is 6. The van der Waals surface area contributed by atoms with Crippen molar-refractivity contribution < 1.29 is 9.53 Å². The molecule has 0 amide bonds. The van der Waals surface area contributed by atoms with Crippen molar-refractivity contribution in [3.8, 4) is 11.1 Å². The van der Waals surface area contributed by atoms with E-state index in [1.54, 1.807) is 0 Å². The highest BCUT2D eigenvalue weighted by atomic mass is 16.5. The third-order valence-electron chi connectivity index (χ3n) is 4.02. The number of carbonyl (C=O) groups is 1. The topological polar surface area (TPSA) is 105 Å². The van der Waals surface area contributed by atoms with Crippen molar-refractivity contribution in [2.75, 3.05) is 18.0 Å². The molecule has 0 unspecified atom stereocenters. The predicted molar refractivity (Wildman–Crippen MR) is 95.2 cm³/mol. The van der Waals surface area contributed by atoms with Gasteiger partial charge in [-0.3, -0.25) is 10.2 Å². The molecule has 2 aromatic rings. The fourth-order valence-corrected chi connectivity index (χ4v) is 2.76. The lowest BCUT2D eigenvalue weighted by Gasteiger charge is -2.14. The molecule has 3 rings (SSSR count). The number of nitrogens with one attached hydrogen (secondary N) is 1. The van der Waals surface area contributed by atoms with E-state index >= 15 is 0 Å². The van der Waals surface area contributed by atoms with E-state index in [9.17, 15) is 4.79 Å². The number of esters is 1. The molecule has 1 aromatic carbocycles. The van der Waals surface area contributed by atoms with Gasteiger partial charge in [-0.2, -0.15) is 0 Å². The number of nitrogens with zero attached hydrogens (tertiary/aromatic N) is 3. The first-order valence-electron chi connectivity index (χ1n) is 8.26. The average Bonchev–Trinajstić information content (AvgIpc) is 3.14. The van der Waals surface area contributed by atoms with Crippen molar-refractivity contribution >= 4 is 17.8 Å². The van der Waals surface area contributed by atoms with Gasteiger partial charge in [0.25, 0.3) is 0 Å². The van der Waals surface area contributed by atoms with Crippen molar-refractivity contribution in [3.05, 3.63) is 42.2 Å². The van der Waals surface area contributed by atoms with Crippen molar-refractivity contribution in [2.24, 2.45) is 5.73 Å². The van der Waals surface area contributed by atoms with Crippen LogP contribution in [0, 0.1) is 5.41 Å². The second kappa shape index (κ2) is 7.74. The van der Waals surface area contributed by atoms with E-state index < -0.39 is 5.97 Å². The Morgan fingerprint density at radius 2 is 1.92 bits per heavy atom. The number of aromatic nitrogens is 2. The molecule has 2 heterocycles. The smallest absolute Gasteiger partial charge is 0.313 e. The average molecular weight is 339 g/mol. The fraction of sp³-hybridized carbons (Fsp3) is 0.333. The Balaban J connectivity index is 1.66. The molecule has 1 aliphatic heterocycles. The highest BCUT2D eigenvalue weighted by Crippen LogP contribution is 2.22. The zero-order valence-electron chi connectivity index (χ0n) is 13.9. The van der Waals surface area contributed by atoms with Gasteiger partial charge in [0.15, 0.2) is 0 Å². The SMILES string of the molecule is N=C(N)CC(=O)OCc1cccc(-c2cnc(N3CCCC3)nc2)c1. The Hall–Kier alpha value is -2.96. The molecule has 25 heavy (non-hydrogen) atoms. The molecule has 130 valence electrons. The van der Waals surface area contributed by atoms with Crippen LogP contribution in [0.3, 0.4) is 0 Å². The molecule has 7 nitrogen and oxygen atoms in total. The van der Waals surface area contributed by atoms with Crippen LogP contribution in [0.15, 0.2) is 36.7 Å². The van der Waals surface area contributed by atoms with Gasteiger partial charge in [0.1, 0.15) is 18.9 Å². The standard InChI is InChI=1S/C18H21N5O2/c19-16(20)9-17(24)25-12-13-4-3-5-14(8-13)15-10-21-18(22-11-15)23-6-1-2-7-23/h3-5,8,10-11H,1-2,6-7,9,12H2,(H3,19,20). The van der Waals surface area contributed by atoms with Crippen LogP contribution in [0.5, 0.6) is 0 Å². The molecule has 1 aromatic heterocycles. The van der Waals surface area contributed by atoms with Crippen LogP contribution >= 0.6 is 0 Å². The summed E-state index contributed by atoms with van der Waals surface area (Å²) in [7, 11) is 0. The molecular weight excluding hydrogens is 318 g/mol. The molecule has 0 aliphatic carbocycles. The molecule has 0 spiro atoms. The molecule has 7 heteroatoms. The molecule has 1 fully saturated rings. The van der Waals surface area contributed by atoms with Gasteiger partial charge in [-0.1, -0.05) is 18.2 Å². The van der Waals surface area contributed by atoms with Gasteiger partial charge in [0, 0.05) is 31.0 Å². The third-order valence-corrected chi connectivity index (χ3v) is 4.02. The number of nitrogens with two attached hydrogens (primary N) is 1. The van der Waals surface area contributed by atoms with Gasteiger partial charge < -0.3 is 15.4 Å². The molecule has 1 saturated heterocycles. The van der Waals surface area contributed by atoms with Gasteiger partial charge in [0.05, 0.1) is 0 Å². The van der Waals surface area contributed by atoms with Crippen molar-refractivity contribution in [1.29, 1.82) is 5.41 Å². The first kappa shape index (κ1) is 16.9. The van der Waals surface area contributed by atoms with Crippen LogP contribution in [0.1, 0.15) is 24.8 Å².